The van der Waals surface area contributed by atoms with E-state index in [1.165, 1.54) is 0 Å². The summed E-state index contributed by atoms with van der Waals surface area (Å²) >= 11 is 0. The summed E-state index contributed by atoms with van der Waals surface area (Å²) in [5.74, 6) is 1.14. The van der Waals surface area contributed by atoms with Crippen molar-refractivity contribution in [1.29, 1.82) is 0 Å². The zero-order chi connectivity index (χ0) is 19.8. The number of hydrogen-bond acceptors (Lipinski definition) is 4. The number of aromatic amines is 1. The number of carbonyl (C=O) groups is 2. The summed E-state index contributed by atoms with van der Waals surface area (Å²) in [6.45, 7) is 6.32. The van der Waals surface area contributed by atoms with Crippen molar-refractivity contribution in [2.75, 3.05) is 14.2 Å². The zero-order valence-electron chi connectivity index (χ0n) is 16.5. The third kappa shape index (κ3) is 3.70. The Balaban J connectivity index is 1.77. The van der Waals surface area contributed by atoms with Gasteiger partial charge in [0.25, 0.3) is 5.91 Å². The summed E-state index contributed by atoms with van der Waals surface area (Å²) in [6, 6.07) is 5.51. The lowest BCUT2D eigenvalue weighted by Gasteiger charge is -2.28. The maximum Gasteiger partial charge on any atom is 0.268 e. The van der Waals surface area contributed by atoms with Crippen molar-refractivity contribution in [3.8, 4) is 11.5 Å². The Morgan fingerprint density at radius 1 is 1.19 bits per heavy atom. The fourth-order valence-corrected chi connectivity index (χ4v) is 3.72. The Labute approximate surface area is 159 Å². The highest BCUT2D eigenvalue weighted by Gasteiger charge is 2.35. The predicted molar refractivity (Wildman–Crippen MR) is 103 cm³/mol. The van der Waals surface area contributed by atoms with Gasteiger partial charge in [-0.2, -0.15) is 0 Å². The summed E-state index contributed by atoms with van der Waals surface area (Å²) in [6.07, 6.45) is 1.27. The first kappa shape index (κ1) is 19.0. The molecule has 1 aliphatic rings. The number of methoxy groups -OCH3 is 2. The minimum Gasteiger partial charge on any atom is -0.493 e. The quantitative estimate of drug-likeness (QED) is 0.845. The Hall–Kier alpha value is -2.76. The Morgan fingerprint density at radius 3 is 2.56 bits per heavy atom. The number of carbonyl (C=O) groups excluding carboxylic acids is 2. The fraction of sp³-hybridized carbons (Fsp3) is 0.429. The lowest BCUT2D eigenvalue weighted by atomic mass is 9.75. The van der Waals surface area contributed by atoms with Gasteiger partial charge >= 0.3 is 0 Å². The van der Waals surface area contributed by atoms with Gasteiger partial charge in [0, 0.05) is 24.2 Å². The topological polar surface area (TPSA) is 80.4 Å². The lowest BCUT2D eigenvalue weighted by molar-refractivity contribution is 0.0909. The van der Waals surface area contributed by atoms with E-state index in [0.29, 0.717) is 35.7 Å². The average molecular weight is 370 g/mol. The molecule has 2 N–H and O–H groups in total. The van der Waals surface area contributed by atoms with Crippen molar-refractivity contribution in [3.05, 3.63) is 46.3 Å². The van der Waals surface area contributed by atoms with E-state index in [-0.39, 0.29) is 17.1 Å². The van der Waals surface area contributed by atoms with Crippen LogP contribution >= 0.6 is 0 Å². The molecule has 0 atom stereocenters. The van der Waals surface area contributed by atoms with Crippen LogP contribution in [-0.2, 0) is 13.0 Å². The van der Waals surface area contributed by atoms with E-state index < -0.39 is 0 Å². The number of fused-ring (bicyclic) bond motifs is 1. The molecule has 3 rings (SSSR count). The van der Waals surface area contributed by atoms with Crippen LogP contribution in [0.25, 0.3) is 0 Å². The SMILES string of the molecule is COc1ccc(CNC(=O)c2[nH]c3c(c2C)C(=O)CC(C)(C)C3)cc1OC. The molecule has 1 aromatic heterocycles. The molecular weight excluding hydrogens is 344 g/mol. The molecular formula is C21H26N2O4. The standard InChI is InChI=1S/C21H26N2O4/c1-12-18-14(9-21(2,3)10-15(18)24)23-19(12)20(25)22-11-13-6-7-16(26-4)17(8-13)27-5/h6-8,23H,9-11H2,1-5H3,(H,22,25). The molecule has 0 radical (unpaired) electrons. The zero-order valence-corrected chi connectivity index (χ0v) is 16.5. The summed E-state index contributed by atoms with van der Waals surface area (Å²) in [7, 11) is 3.16. The number of benzene rings is 1. The highest BCUT2D eigenvalue weighted by Crippen LogP contribution is 2.36. The fourth-order valence-electron chi connectivity index (χ4n) is 3.72. The summed E-state index contributed by atoms with van der Waals surface area (Å²) in [5.41, 5.74) is 3.55. The highest BCUT2D eigenvalue weighted by molar-refractivity contribution is 6.04. The lowest BCUT2D eigenvalue weighted by Crippen LogP contribution is -2.26. The van der Waals surface area contributed by atoms with Gasteiger partial charge in [-0.1, -0.05) is 19.9 Å². The normalized spacial score (nSPS) is 15.2. The molecule has 0 unspecified atom stereocenters. The monoisotopic (exact) mass is 370 g/mol. The largest absolute Gasteiger partial charge is 0.493 e. The van der Waals surface area contributed by atoms with Crippen LogP contribution in [0.1, 0.15) is 57.9 Å². The molecule has 2 aromatic rings. The van der Waals surface area contributed by atoms with Crippen molar-refractivity contribution in [2.24, 2.45) is 5.41 Å². The number of hydrogen-bond donors (Lipinski definition) is 2. The molecule has 1 heterocycles. The van der Waals surface area contributed by atoms with Gasteiger partial charge in [0.2, 0.25) is 0 Å². The van der Waals surface area contributed by atoms with E-state index in [1.54, 1.807) is 20.3 Å². The summed E-state index contributed by atoms with van der Waals surface area (Å²) in [4.78, 5) is 28.4. The number of Topliss-reactive ketones (excluding diaryl/α,β-unsaturated/α-hetero) is 1. The Kier molecular flexibility index (Phi) is 5.00. The maximum atomic E-state index is 12.7. The van der Waals surface area contributed by atoms with Crippen molar-refractivity contribution < 1.29 is 19.1 Å². The van der Waals surface area contributed by atoms with Crippen LogP contribution in [0.15, 0.2) is 18.2 Å². The first-order valence-corrected chi connectivity index (χ1v) is 8.99. The van der Waals surface area contributed by atoms with Crippen molar-refractivity contribution in [3.63, 3.8) is 0 Å². The molecule has 27 heavy (non-hydrogen) atoms. The average Bonchev–Trinajstić information content (AvgIpc) is 2.94. The van der Waals surface area contributed by atoms with Gasteiger partial charge in [0.05, 0.1) is 14.2 Å². The van der Waals surface area contributed by atoms with Crippen LogP contribution in [0, 0.1) is 12.3 Å². The number of amides is 1. The van der Waals surface area contributed by atoms with Gasteiger partial charge in [-0.3, -0.25) is 9.59 Å². The van der Waals surface area contributed by atoms with Crippen LogP contribution < -0.4 is 14.8 Å². The van der Waals surface area contributed by atoms with Crippen LogP contribution in [0.4, 0.5) is 0 Å². The minimum absolute atomic E-state index is 0.0885. The second-order valence-corrected chi connectivity index (χ2v) is 7.79. The number of H-pyrrole nitrogens is 1. The van der Waals surface area contributed by atoms with E-state index in [4.69, 9.17) is 9.47 Å². The minimum atomic E-state index is -0.220. The molecule has 0 saturated carbocycles. The Morgan fingerprint density at radius 2 is 1.89 bits per heavy atom. The molecule has 0 saturated heterocycles. The van der Waals surface area contributed by atoms with Gasteiger partial charge in [-0.15, -0.1) is 0 Å². The number of ketones is 1. The third-order valence-corrected chi connectivity index (χ3v) is 5.03. The molecule has 0 bridgehead atoms. The number of aromatic nitrogens is 1. The van der Waals surface area contributed by atoms with Crippen LogP contribution in [-0.4, -0.2) is 30.9 Å². The van der Waals surface area contributed by atoms with Gasteiger partial charge in [-0.25, -0.2) is 0 Å². The van der Waals surface area contributed by atoms with Gasteiger partial charge in [-0.05, 0) is 42.0 Å². The van der Waals surface area contributed by atoms with Crippen LogP contribution in [0.5, 0.6) is 11.5 Å². The van der Waals surface area contributed by atoms with Crippen molar-refractivity contribution >= 4 is 11.7 Å². The summed E-state index contributed by atoms with van der Waals surface area (Å²) in [5, 5.41) is 2.91. The second kappa shape index (κ2) is 7.10. The number of rotatable bonds is 5. The van der Waals surface area contributed by atoms with E-state index >= 15 is 0 Å². The number of ether oxygens (including phenoxy) is 2. The summed E-state index contributed by atoms with van der Waals surface area (Å²) < 4.78 is 10.5. The van der Waals surface area contributed by atoms with Gasteiger partial charge in [0.1, 0.15) is 5.69 Å². The molecule has 1 aliphatic carbocycles. The van der Waals surface area contributed by atoms with E-state index in [9.17, 15) is 9.59 Å². The smallest absolute Gasteiger partial charge is 0.268 e. The van der Waals surface area contributed by atoms with E-state index in [1.807, 2.05) is 19.1 Å². The molecule has 0 aliphatic heterocycles. The van der Waals surface area contributed by atoms with Crippen LogP contribution in [0.2, 0.25) is 0 Å². The third-order valence-electron chi connectivity index (χ3n) is 5.03. The van der Waals surface area contributed by atoms with Crippen molar-refractivity contribution in [2.45, 2.75) is 40.2 Å². The van der Waals surface area contributed by atoms with Gasteiger partial charge in [0.15, 0.2) is 17.3 Å². The first-order valence-electron chi connectivity index (χ1n) is 8.99. The highest BCUT2D eigenvalue weighted by atomic mass is 16.5. The number of nitrogens with one attached hydrogen (secondary N) is 2. The Bertz CT molecular complexity index is 896. The van der Waals surface area contributed by atoms with Crippen molar-refractivity contribution in [1.82, 2.24) is 10.3 Å². The second-order valence-electron chi connectivity index (χ2n) is 7.79. The first-order chi connectivity index (χ1) is 12.8. The molecule has 1 amide bonds. The molecule has 6 heteroatoms. The van der Waals surface area contributed by atoms with Crippen LogP contribution in [0.3, 0.4) is 0 Å². The molecule has 1 aromatic carbocycles. The van der Waals surface area contributed by atoms with Gasteiger partial charge < -0.3 is 19.8 Å². The molecule has 144 valence electrons. The molecule has 6 nitrogen and oxygen atoms in total. The predicted octanol–water partition coefficient (Wildman–Crippen LogP) is 3.43. The van der Waals surface area contributed by atoms with E-state index in [2.05, 4.69) is 24.1 Å². The molecule has 0 spiro atoms. The molecule has 0 fully saturated rings. The maximum absolute atomic E-state index is 12.7. The van der Waals surface area contributed by atoms with E-state index in [0.717, 1.165) is 23.2 Å².